The van der Waals surface area contributed by atoms with Gasteiger partial charge in [-0.25, -0.2) is 5.48 Å². The minimum Gasteiger partial charge on any atom is -0.457 e. The number of aryl methyl sites for hydroxylation is 1. The number of fused-ring (bicyclic) bond motifs is 2. The van der Waals surface area contributed by atoms with Gasteiger partial charge in [0.05, 0.1) is 5.92 Å². The van der Waals surface area contributed by atoms with Crippen LogP contribution in [0.3, 0.4) is 0 Å². The first kappa shape index (κ1) is 26.2. The molecule has 35 heavy (non-hydrogen) atoms. The summed E-state index contributed by atoms with van der Waals surface area (Å²) in [6.45, 7) is 3.96. The summed E-state index contributed by atoms with van der Waals surface area (Å²) < 4.78 is 5.93. The topological polar surface area (TPSA) is 117 Å². The van der Waals surface area contributed by atoms with Crippen LogP contribution in [0.1, 0.15) is 44.2 Å². The molecule has 8 heteroatoms. The number of hydroxylamine groups is 1. The van der Waals surface area contributed by atoms with Gasteiger partial charge >= 0.3 is 0 Å². The van der Waals surface area contributed by atoms with E-state index in [0.717, 1.165) is 11.1 Å². The summed E-state index contributed by atoms with van der Waals surface area (Å²) in [4.78, 5) is 38.8. The fourth-order valence-corrected chi connectivity index (χ4v) is 4.54. The largest absolute Gasteiger partial charge is 0.457 e. The first-order chi connectivity index (χ1) is 16.8. The number of hydrogen-bond donors (Lipinski definition) is 4. The van der Waals surface area contributed by atoms with Gasteiger partial charge in [-0.15, -0.1) is 0 Å². The van der Waals surface area contributed by atoms with Crippen molar-refractivity contribution in [1.29, 1.82) is 0 Å². The van der Waals surface area contributed by atoms with E-state index < -0.39 is 23.8 Å². The van der Waals surface area contributed by atoms with Crippen molar-refractivity contribution in [2.75, 3.05) is 7.05 Å². The van der Waals surface area contributed by atoms with Crippen LogP contribution in [0.25, 0.3) is 0 Å². The van der Waals surface area contributed by atoms with Gasteiger partial charge in [0, 0.05) is 19.4 Å². The molecule has 8 nitrogen and oxygen atoms in total. The third-order valence-corrected chi connectivity index (χ3v) is 6.38. The Morgan fingerprint density at radius 3 is 2.17 bits per heavy atom. The van der Waals surface area contributed by atoms with E-state index in [9.17, 15) is 19.6 Å². The molecule has 3 heterocycles. The predicted molar refractivity (Wildman–Crippen MR) is 132 cm³/mol. The summed E-state index contributed by atoms with van der Waals surface area (Å²) in [5.74, 6) is -1.16. The first-order valence-corrected chi connectivity index (χ1v) is 12.1. The third-order valence-electron chi connectivity index (χ3n) is 6.38. The highest BCUT2D eigenvalue weighted by Gasteiger charge is 2.35. The molecule has 2 aromatic rings. The van der Waals surface area contributed by atoms with Crippen molar-refractivity contribution >= 4 is 17.7 Å². The smallest absolute Gasteiger partial charge is 0.247 e. The molecule has 0 saturated heterocycles. The quantitative estimate of drug-likeness (QED) is 0.395. The zero-order valence-electron chi connectivity index (χ0n) is 20.5. The van der Waals surface area contributed by atoms with Crippen molar-refractivity contribution in [3.05, 3.63) is 59.7 Å². The molecule has 0 unspecified atom stereocenters. The molecule has 0 radical (unpaired) electrons. The maximum atomic E-state index is 13.5. The highest BCUT2D eigenvalue weighted by molar-refractivity contribution is 5.91. The van der Waals surface area contributed by atoms with E-state index in [2.05, 4.69) is 10.6 Å². The lowest BCUT2D eigenvalue weighted by atomic mass is 9.80. The van der Waals surface area contributed by atoms with Gasteiger partial charge in [-0.05, 0) is 67.0 Å². The average Bonchev–Trinajstić information content (AvgIpc) is 2.85. The fourth-order valence-electron chi connectivity index (χ4n) is 4.54. The Bertz CT molecular complexity index is 1000. The molecule has 2 aromatic carbocycles. The molecule has 4 N–H and O–H groups in total. The number of rotatable bonds is 4. The molecule has 0 aliphatic carbocycles. The summed E-state index contributed by atoms with van der Waals surface area (Å²) in [5, 5.41) is 14.9. The molecule has 0 aromatic heterocycles. The van der Waals surface area contributed by atoms with Crippen LogP contribution >= 0.6 is 0 Å². The average molecular weight is 482 g/mol. The maximum absolute atomic E-state index is 13.5. The van der Waals surface area contributed by atoms with Crippen molar-refractivity contribution in [2.24, 2.45) is 17.8 Å². The number of carbonyl (C=O) groups excluding carboxylic acids is 3. The zero-order valence-corrected chi connectivity index (χ0v) is 20.5. The molecule has 3 amide bonds. The van der Waals surface area contributed by atoms with Gasteiger partial charge < -0.3 is 15.4 Å². The molecule has 0 spiro atoms. The number of ether oxygens (including phenoxy) is 1. The van der Waals surface area contributed by atoms with Crippen molar-refractivity contribution < 1.29 is 24.3 Å². The van der Waals surface area contributed by atoms with Crippen LogP contribution in [-0.4, -0.2) is 36.0 Å². The monoisotopic (exact) mass is 481 g/mol. The van der Waals surface area contributed by atoms with E-state index in [1.807, 2.05) is 62.4 Å². The van der Waals surface area contributed by atoms with Gasteiger partial charge in [0.1, 0.15) is 17.5 Å². The van der Waals surface area contributed by atoms with Gasteiger partial charge in [-0.1, -0.05) is 38.1 Å². The van der Waals surface area contributed by atoms with Crippen molar-refractivity contribution in [3.63, 3.8) is 0 Å². The number of carbonyl (C=O) groups is 3. The second-order valence-electron chi connectivity index (χ2n) is 9.48. The van der Waals surface area contributed by atoms with Gasteiger partial charge in [0.15, 0.2) is 0 Å². The predicted octanol–water partition coefficient (Wildman–Crippen LogP) is 3.37. The molecule has 0 saturated carbocycles. The summed E-state index contributed by atoms with van der Waals surface area (Å²) in [7, 11) is 1.52. The highest BCUT2D eigenvalue weighted by Crippen LogP contribution is 2.28. The second-order valence-corrected chi connectivity index (χ2v) is 9.48. The van der Waals surface area contributed by atoms with Crippen LogP contribution in [0.5, 0.6) is 11.5 Å². The number of hydrogen-bond acceptors (Lipinski definition) is 5. The normalized spacial score (nSPS) is 20.9. The van der Waals surface area contributed by atoms with E-state index in [1.54, 1.807) is 5.48 Å². The molecular formula is C27H35N3O5. The van der Waals surface area contributed by atoms with Gasteiger partial charge in [-0.3, -0.25) is 19.6 Å². The molecule has 3 atom stereocenters. The van der Waals surface area contributed by atoms with Crippen LogP contribution in [0, 0.1) is 17.8 Å². The first-order valence-electron chi connectivity index (χ1n) is 12.1. The lowest BCUT2D eigenvalue weighted by Crippen LogP contribution is -2.51. The minimum atomic E-state index is -0.808. The Morgan fingerprint density at radius 2 is 1.63 bits per heavy atom. The molecule has 3 aliphatic rings. The van der Waals surface area contributed by atoms with Gasteiger partial charge in [0.2, 0.25) is 17.7 Å². The van der Waals surface area contributed by atoms with Gasteiger partial charge in [-0.2, -0.15) is 0 Å². The lowest BCUT2D eigenvalue weighted by molar-refractivity contribution is -0.142. The molecule has 188 valence electrons. The molecule has 0 fully saturated rings. The van der Waals surface area contributed by atoms with E-state index in [0.29, 0.717) is 37.2 Å². The van der Waals surface area contributed by atoms with E-state index >= 15 is 0 Å². The van der Waals surface area contributed by atoms with Crippen LogP contribution < -0.4 is 20.9 Å². The molecular weight excluding hydrogens is 446 g/mol. The Labute approximate surface area is 206 Å². The Morgan fingerprint density at radius 1 is 1.03 bits per heavy atom. The SMILES string of the molecule is CNC(=O)[C@@H]1Cc2ccc(cc2)Oc2ccc(cc2)CCC[C@H](C(=O)NO)[C@@H](CC(C)C)C(=O)N1. The number of nitrogens with one attached hydrogen (secondary N) is 3. The van der Waals surface area contributed by atoms with E-state index in [1.165, 1.54) is 7.05 Å². The summed E-state index contributed by atoms with van der Waals surface area (Å²) in [6, 6.07) is 14.4. The Hall–Kier alpha value is -3.39. The summed E-state index contributed by atoms with van der Waals surface area (Å²) in [5.41, 5.74) is 3.69. The highest BCUT2D eigenvalue weighted by atomic mass is 16.5. The minimum absolute atomic E-state index is 0.135. The number of benzene rings is 2. The van der Waals surface area contributed by atoms with Crippen LogP contribution in [0.4, 0.5) is 0 Å². The van der Waals surface area contributed by atoms with Gasteiger partial charge in [0.25, 0.3) is 0 Å². The summed E-state index contributed by atoms with van der Waals surface area (Å²) >= 11 is 0. The van der Waals surface area contributed by atoms with E-state index in [4.69, 9.17) is 4.74 Å². The summed E-state index contributed by atoms with van der Waals surface area (Å²) in [6.07, 6.45) is 2.51. The third kappa shape index (κ3) is 7.29. The Balaban J connectivity index is 1.98. The van der Waals surface area contributed by atoms with E-state index in [-0.39, 0.29) is 24.2 Å². The van der Waals surface area contributed by atoms with Crippen molar-refractivity contribution in [2.45, 2.75) is 52.0 Å². The molecule has 5 rings (SSSR count). The Kier molecular flexibility index (Phi) is 9.25. The maximum Gasteiger partial charge on any atom is 0.247 e. The molecule has 4 bridgehead atoms. The number of amides is 3. The van der Waals surface area contributed by atoms with Crippen LogP contribution in [0.2, 0.25) is 0 Å². The van der Waals surface area contributed by atoms with Crippen LogP contribution in [0.15, 0.2) is 48.5 Å². The van der Waals surface area contributed by atoms with Crippen molar-refractivity contribution in [3.8, 4) is 11.5 Å². The van der Waals surface area contributed by atoms with Crippen LogP contribution in [-0.2, 0) is 27.2 Å². The zero-order chi connectivity index (χ0) is 25.4. The number of likely N-dealkylation sites (N-methyl/N-ethyl adjacent to an activating group) is 1. The standard InChI is InChI=1S/C27H35N3O5/c1-17(2)15-23-22(26(32)30-34)6-4-5-18-7-11-20(12-8-18)35-21-13-9-19(10-14-21)16-24(27(33)28-3)29-25(23)31/h7-14,17,22-24,34H,4-6,15-16H2,1-3H3,(H,28,33)(H,29,31)(H,30,32)/t22-,23+,24-/m0/s1. The van der Waals surface area contributed by atoms with Crippen molar-refractivity contribution in [1.82, 2.24) is 16.1 Å². The second kappa shape index (κ2) is 12.4. The fraction of sp³-hybridized carbons (Fsp3) is 0.444. The molecule has 3 aliphatic heterocycles. The lowest BCUT2D eigenvalue weighted by Gasteiger charge is -2.28.